The standard InChI is InChI=1S/C13H16BrN3/c1-3-17-7-6-15-13(17)9-16-11-4-5-12(14)10(2)8-11/h4-8,16H,3,9H2,1-2H3. The molecule has 0 fully saturated rings. The summed E-state index contributed by atoms with van der Waals surface area (Å²) >= 11 is 3.50. The van der Waals surface area contributed by atoms with E-state index in [1.165, 1.54) is 5.56 Å². The number of anilines is 1. The van der Waals surface area contributed by atoms with Crippen LogP contribution in [0.2, 0.25) is 0 Å². The molecule has 0 radical (unpaired) electrons. The lowest BCUT2D eigenvalue weighted by Crippen LogP contribution is -2.07. The zero-order chi connectivity index (χ0) is 12.3. The van der Waals surface area contributed by atoms with Gasteiger partial charge in [-0.3, -0.25) is 0 Å². The molecule has 0 aliphatic heterocycles. The fourth-order valence-corrected chi connectivity index (χ4v) is 1.98. The predicted molar refractivity (Wildman–Crippen MR) is 74.1 cm³/mol. The Kier molecular flexibility index (Phi) is 3.84. The third-order valence-electron chi connectivity index (χ3n) is 2.75. The molecule has 0 unspecified atom stereocenters. The number of nitrogens with one attached hydrogen (secondary N) is 1. The van der Waals surface area contributed by atoms with Crippen molar-refractivity contribution in [3.8, 4) is 0 Å². The molecule has 1 heterocycles. The molecule has 0 saturated heterocycles. The molecule has 4 heteroatoms. The normalized spacial score (nSPS) is 10.5. The lowest BCUT2D eigenvalue weighted by Gasteiger charge is -2.09. The highest BCUT2D eigenvalue weighted by Gasteiger charge is 2.01. The van der Waals surface area contributed by atoms with Gasteiger partial charge >= 0.3 is 0 Å². The van der Waals surface area contributed by atoms with Crippen molar-refractivity contribution in [2.24, 2.45) is 0 Å². The SMILES string of the molecule is CCn1ccnc1CNc1ccc(Br)c(C)c1. The average molecular weight is 294 g/mol. The molecule has 3 nitrogen and oxygen atoms in total. The fraction of sp³-hybridized carbons (Fsp3) is 0.308. The molecule has 17 heavy (non-hydrogen) atoms. The highest BCUT2D eigenvalue weighted by atomic mass is 79.9. The number of hydrogen-bond acceptors (Lipinski definition) is 2. The maximum absolute atomic E-state index is 4.33. The third kappa shape index (κ3) is 2.88. The van der Waals surface area contributed by atoms with Crippen LogP contribution in [0.4, 0.5) is 5.69 Å². The number of benzene rings is 1. The minimum atomic E-state index is 0.752. The van der Waals surface area contributed by atoms with Gasteiger partial charge < -0.3 is 9.88 Å². The van der Waals surface area contributed by atoms with Crippen LogP contribution in [0.3, 0.4) is 0 Å². The Labute approximate surface area is 110 Å². The van der Waals surface area contributed by atoms with Crippen LogP contribution in [0.5, 0.6) is 0 Å². The highest BCUT2D eigenvalue weighted by molar-refractivity contribution is 9.10. The van der Waals surface area contributed by atoms with Crippen molar-refractivity contribution in [1.82, 2.24) is 9.55 Å². The van der Waals surface area contributed by atoms with E-state index in [0.717, 1.165) is 29.1 Å². The van der Waals surface area contributed by atoms with Gasteiger partial charge in [-0.1, -0.05) is 15.9 Å². The second-order valence-corrected chi connectivity index (χ2v) is 4.80. The molecule has 0 atom stereocenters. The maximum Gasteiger partial charge on any atom is 0.128 e. The van der Waals surface area contributed by atoms with E-state index in [2.05, 4.69) is 62.8 Å². The molecule has 0 aliphatic rings. The van der Waals surface area contributed by atoms with Crippen molar-refractivity contribution in [3.05, 3.63) is 46.5 Å². The summed E-state index contributed by atoms with van der Waals surface area (Å²) in [6.45, 7) is 5.91. The van der Waals surface area contributed by atoms with E-state index in [0.29, 0.717) is 0 Å². The van der Waals surface area contributed by atoms with Crippen molar-refractivity contribution in [2.45, 2.75) is 26.9 Å². The number of rotatable bonds is 4. The van der Waals surface area contributed by atoms with E-state index >= 15 is 0 Å². The zero-order valence-corrected chi connectivity index (χ0v) is 11.7. The zero-order valence-electron chi connectivity index (χ0n) is 10.1. The smallest absolute Gasteiger partial charge is 0.128 e. The predicted octanol–water partition coefficient (Wildman–Crippen LogP) is 3.59. The van der Waals surface area contributed by atoms with Crippen LogP contribution in [0.15, 0.2) is 35.1 Å². The molecular weight excluding hydrogens is 278 g/mol. The lowest BCUT2D eigenvalue weighted by atomic mass is 10.2. The molecule has 0 aliphatic carbocycles. The van der Waals surface area contributed by atoms with Gasteiger partial charge in [0.1, 0.15) is 5.82 Å². The summed E-state index contributed by atoms with van der Waals surface area (Å²) in [6.07, 6.45) is 3.84. The van der Waals surface area contributed by atoms with Gasteiger partial charge in [0.2, 0.25) is 0 Å². The molecule has 2 aromatic rings. The summed E-state index contributed by atoms with van der Waals surface area (Å²) in [5.41, 5.74) is 2.35. The topological polar surface area (TPSA) is 29.9 Å². The minimum Gasteiger partial charge on any atom is -0.378 e. The first kappa shape index (κ1) is 12.2. The average Bonchev–Trinajstić information content (AvgIpc) is 2.78. The van der Waals surface area contributed by atoms with Crippen molar-refractivity contribution in [1.29, 1.82) is 0 Å². The van der Waals surface area contributed by atoms with Crippen LogP contribution in [-0.2, 0) is 13.1 Å². The first-order chi connectivity index (χ1) is 8.20. The number of nitrogens with zero attached hydrogens (tertiary/aromatic N) is 2. The number of imidazole rings is 1. The van der Waals surface area contributed by atoms with Gasteiger partial charge in [0.15, 0.2) is 0 Å². The number of aromatic nitrogens is 2. The van der Waals surface area contributed by atoms with Gasteiger partial charge in [0.05, 0.1) is 6.54 Å². The van der Waals surface area contributed by atoms with Crippen molar-refractivity contribution >= 4 is 21.6 Å². The number of hydrogen-bond donors (Lipinski definition) is 1. The molecule has 1 N–H and O–H groups in total. The second-order valence-electron chi connectivity index (χ2n) is 3.95. The van der Waals surface area contributed by atoms with Gasteiger partial charge in [0, 0.05) is 29.1 Å². The number of aryl methyl sites for hydroxylation is 2. The molecule has 0 spiro atoms. The molecular formula is C13H16BrN3. The largest absolute Gasteiger partial charge is 0.378 e. The second kappa shape index (κ2) is 5.36. The van der Waals surface area contributed by atoms with Gasteiger partial charge in [-0.15, -0.1) is 0 Å². The minimum absolute atomic E-state index is 0.752. The Morgan fingerprint density at radius 1 is 1.41 bits per heavy atom. The summed E-state index contributed by atoms with van der Waals surface area (Å²) in [4.78, 5) is 4.33. The molecule has 0 saturated carbocycles. The summed E-state index contributed by atoms with van der Waals surface area (Å²) in [7, 11) is 0. The Morgan fingerprint density at radius 3 is 2.94 bits per heavy atom. The molecule has 0 bridgehead atoms. The summed E-state index contributed by atoms with van der Waals surface area (Å²) in [5, 5.41) is 3.39. The van der Waals surface area contributed by atoms with Crippen LogP contribution < -0.4 is 5.32 Å². The summed E-state index contributed by atoms with van der Waals surface area (Å²) in [5.74, 6) is 1.06. The van der Waals surface area contributed by atoms with Crippen LogP contribution in [0, 0.1) is 6.92 Å². The van der Waals surface area contributed by atoms with E-state index in [9.17, 15) is 0 Å². The fourth-order valence-electron chi connectivity index (χ4n) is 1.73. The van der Waals surface area contributed by atoms with Gasteiger partial charge in [-0.25, -0.2) is 4.98 Å². The van der Waals surface area contributed by atoms with E-state index in [4.69, 9.17) is 0 Å². The number of halogens is 1. The van der Waals surface area contributed by atoms with Crippen molar-refractivity contribution in [3.63, 3.8) is 0 Å². The highest BCUT2D eigenvalue weighted by Crippen LogP contribution is 2.20. The van der Waals surface area contributed by atoms with Gasteiger partial charge in [0.25, 0.3) is 0 Å². The van der Waals surface area contributed by atoms with Crippen molar-refractivity contribution in [2.75, 3.05) is 5.32 Å². The van der Waals surface area contributed by atoms with Crippen LogP contribution >= 0.6 is 15.9 Å². The molecule has 1 aromatic carbocycles. The Bertz CT molecular complexity index is 505. The van der Waals surface area contributed by atoms with Crippen molar-refractivity contribution < 1.29 is 0 Å². The van der Waals surface area contributed by atoms with Crippen LogP contribution in [0.25, 0.3) is 0 Å². The maximum atomic E-state index is 4.33. The molecule has 0 amide bonds. The van der Waals surface area contributed by atoms with Crippen LogP contribution in [0.1, 0.15) is 18.3 Å². The summed E-state index contributed by atoms with van der Waals surface area (Å²) in [6, 6.07) is 6.25. The quantitative estimate of drug-likeness (QED) is 0.934. The third-order valence-corrected chi connectivity index (χ3v) is 3.64. The molecule has 1 aromatic heterocycles. The van der Waals surface area contributed by atoms with E-state index in [1.54, 1.807) is 0 Å². The first-order valence-corrected chi connectivity index (χ1v) is 6.50. The Balaban J connectivity index is 2.05. The monoisotopic (exact) mass is 293 g/mol. The Morgan fingerprint density at radius 2 is 2.24 bits per heavy atom. The van der Waals surface area contributed by atoms with E-state index in [-0.39, 0.29) is 0 Å². The van der Waals surface area contributed by atoms with E-state index in [1.807, 2.05) is 12.4 Å². The van der Waals surface area contributed by atoms with E-state index < -0.39 is 0 Å². The molecule has 90 valence electrons. The van der Waals surface area contributed by atoms with Gasteiger partial charge in [-0.2, -0.15) is 0 Å². The summed E-state index contributed by atoms with van der Waals surface area (Å²) < 4.78 is 3.27. The first-order valence-electron chi connectivity index (χ1n) is 5.70. The van der Waals surface area contributed by atoms with Crippen LogP contribution in [-0.4, -0.2) is 9.55 Å². The lowest BCUT2D eigenvalue weighted by molar-refractivity contribution is 0.708. The molecule has 2 rings (SSSR count). The Hall–Kier alpha value is -1.29. The van der Waals surface area contributed by atoms with Gasteiger partial charge in [-0.05, 0) is 37.6 Å².